The fraction of sp³-hybridized carbons (Fsp3) is 0.423. The predicted molar refractivity (Wildman–Crippen MR) is 133 cm³/mol. The van der Waals surface area contributed by atoms with Gasteiger partial charge in [-0.3, -0.25) is 9.59 Å². The van der Waals surface area contributed by atoms with Crippen molar-refractivity contribution in [2.75, 3.05) is 27.9 Å². The fourth-order valence-electron chi connectivity index (χ4n) is 4.08. The van der Waals surface area contributed by atoms with Crippen LogP contribution in [0.1, 0.15) is 41.4 Å². The third-order valence-corrected chi connectivity index (χ3v) is 6.07. The van der Waals surface area contributed by atoms with Crippen molar-refractivity contribution < 1.29 is 28.8 Å². The third-order valence-electron chi connectivity index (χ3n) is 6.07. The number of imidazole rings is 1. The summed E-state index contributed by atoms with van der Waals surface area (Å²) in [7, 11) is 6.27. The molecular weight excluding hydrogens is 466 g/mol. The van der Waals surface area contributed by atoms with E-state index in [1.807, 2.05) is 17.8 Å². The molecule has 1 atom stereocenters. The van der Waals surface area contributed by atoms with Crippen molar-refractivity contribution in [2.24, 2.45) is 7.05 Å². The Balaban J connectivity index is 2.02. The molecule has 3 aromatic rings. The fourth-order valence-corrected chi connectivity index (χ4v) is 4.08. The van der Waals surface area contributed by atoms with Gasteiger partial charge in [-0.15, -0.1) is 0 Å². The Bertz CT molecular complexity index is 1250. The molecule has 1 unspecified atom stereocenters. The summed E-state index contributed by atoms with van der Waals surface area (Å²) in [5.74, 6) is 0.178. The van der Waals surface area contributed by atoms with Gasteiger partial charge in [0.1, 0.15) is 18.2 Å². The number of aromatic nitrogens is 3. The van der Waals surface area contributed by atoms with Crippen molar-refractivity contribution in [3.05, 3.63) is 69.7 Å². The summed E-state index contributed by atoms with van der Waals surface area (Å²) in [4.78, 5) is 30.1. The lowest BCUT2D eigenvalue weighted by atomic mass is 9.88. The van der Waals surface area contributed by atoms with E-state index in [0.29, 0.717) is 42.3 Å². The standard InChI is InChI=1S/C26H33N3O7/c1-17-13-20(30)25(26(32)29(17)10-6-12-33-3)19(15-24(31)35-5)18-7-8-21(22(14-18)34-4)36-16-23-27-9-11-28(23)2/h7-9,11,13-14,19,30H,6,10,12,15-16H2,1-5H3. The molecule has 0 aliphatic heterocycles. The zero-order valence-corrected chi connectivity index (χ0v) is 21.3. The molecule has 0 radical (unpaired) electrons. The molecule has 0 saturated heterocycles. The zero-order chi connectivity index (χ0) is 26.2. The van der Waals surface area contributed by atoms with Gasteiger partial charge in [0.2, 0.25) is 0 Å². The molecule has 36 heavy (non-hydrogen) atoms. The van der Waals surface area contributed by atoms with Crippen molar-refractivity contribution in [1.82, 2.24) is 14.1 Å². The van der Waals surface area contributed by atoms with Crippen LogP contribution in [-0.4, -0.2) is 53.1 Å². The number of carbonyl (C=O) groups is 1. The van der Waals surface area contributed by atoms with Gasteiger partial charge in [-0.2, -0.15) is 0 Å². The lowest BCUT2D eigenvalue weighted by Crippen LogP contribution is -2.29. The highest BCUT2D eigenvalue weighted by atomic mass is 16.5. The number of esters is 1. The Morgan fingerprint density at radius 3 is 2.58 bits per heavy atom. The average Bonchev–Trinajstić information content (AvgIpc) is 3.28. The molecule has 1 aromatic carbocycles. The van der Waals surface area contributed by atoms with Gasteiger partial charge in [-0.25, -0.2) is 4.98 Å². The number of aromatic hydroxyl groups is 1. The first-order valence-corrected chi connectivity index (χ1v) is 11.6. The van der Waals surface area contributed by atoms with E-state index in [1.54, 1.807) is 43.0 Å². The molecule has 0 aliphatic rings. The highest BCUT2D eigenvalue weighted by molar-refractivity contribution is 5.71. The van der Waals surface area contributed by atoms with Gasteiger partial charge in [-0.1, -0.05) is 6.07 Å². The summed E-state index contributed by atoms with van der Waals surface area (Å²) in [5.41, 5.74) is 0.963. The first-order chi connectivity index (χ1) is 17.3. The number of hydrogen-bond acceptors (Lipinski definition) is 8. The van der Waals surface area contributed by atoms with Crippen LogP contribution < -0.4 is 15.0 Å². The minimum absolute atomic E-state index is 0.118. The Morgan fingerprint density at radius 2 is 1.94 bits per heavy atom. The van der Waals surface area contributed by atoms with Crippen LogP contribution >= 0.6 is 0 Å². The number of ether oxygens (including phenoxy) is 4. The molecule has 2 heterocycles. The van der Waals surface area contributed by atoms with Crippen LogP contribution in [0.5, 0.6) is 17.2 Å². The zero-order valence-electron chi connectivity index (χ0n) is 21.3. The maximum absolute atomic E-state index is 13.5. The van der Waals surface area contributed by atoms with Gasteiger partial charge in [0.25, 0.3) is 5.56 Å². The molecule has 194 valence electrons. The minimum atomic E-state index is -0.767. The molecule has 0 saturated carbocycles. The number of hydrogen-bond donors (Lipinski definition) is 1. The van der Waals surface area contributed by atoms with Gasteiger partial charge in [0, 0.05) is 51.3 Å². The molecule has 0 aliphatic carbocycles. The Kier molecular flexibility index (Phi) is 9.13. The van der Waals surface area contributed by atoms with Crippen molar-refractivity contribution in [3.63, 3.8) is 0 Å². The number of nitrogens with zero attached hydrogens (tertiary/aromatic N) is 3. The second-order valence-corrected chi connectivity index (χ2v) is 8.37. The Hall–Kier alpha value is -3.79. The van der Waals surface area contributed by atoms with Gasteiger partial charge in [0.05, 0.1) is 26.2 Å². The molecule has 0 fully saturated rings. The quantitative estimate of drug-likeness (QED) is 0.299. The summed E-state index contributed by atoms with van der Waals surface area (Å²) in [6.07, 6.45) is 4.00. The molecular formula is C26H33N3O7. The normalized spacial score (nSPS) is 11.8. The first-order valence-electron chi connectivity index (χ1n) is 11.6. The average molecular weight is 500 g/mol. The van der Waals surface area contributed by atoms with E-state index in [-0.39, 0.29) is 29.9 Å². The topological polar surface area (TPSA) is 114 Å². The number of aryl methyl sites for hydroxylation is 2. The number of carbonyl (C=O) groups excluding carboxylic acids is 1. The summed E-state index contributed by atoms with van der Waals surface area (Å²) >= 11 is 0. The van der Waals surface area contributed by atoms with E-state index in [9.17, 15) is 14.7 Å². The minimum Gasteiger partial charge on any atom is -0.507 e. The summed E-state index contributed by atoms with van der Waals surface area (Å²) < 4.78 is 24.9. The van der Waals surface area contributed by atoms with Crippen molar-refractivity contribution in [3.8, 4) is 17.2 Å². The molecule has 1 N–H and O–H groups in total. The van der Waals surface area contributed by atoms with Crippen LogP contribution in [0, 0.1) is 6.92 Å². The van der Waals surface area contributed by atoms with Crippen molar-refractivity contribution in [1.29, 1.82) is 0 Å². The number of pyridine rings is 1. The maximum atomic E-state index is 13.5. The van der Waals surface area contributed by atoms with Crippen LogP contribution in [0.4, 0.5) is 0 Å². The second-order valence-electron chi connectivity index (χ2n) is 8.37. The van der Waals surface area contributed by atoms with Gasteiger partial charge < -0.3 is 33.2 Å². The van der Waals surface area contributed by atoms with Crippen LogP contribution in [0.2, 0.25) is 0 Å². The molecule has 2 aromatic heterocycles. The Morgan fingerprint density at radius 1 is 1.17 bits per heavy atom. The van der Waals surface area contributed by atoms with Crippen molar-refractivity contribution in [2.45, 2.75) is 38.8 Å². The summed E-state index contributed by atoms with van der Waals surface area (Å²) in [6.45, 7) is 2.89. The number of methoxy groups -OCH3 is 3. The van der Waals surface area contributed by atoms with E-state index in [1.165, 1.54) is 20.3 Å². The van der Waals surface area contributed by atoms with Crippen LogP contribution in [0.15, 0.2) is 41.5 Å². The SMILES string of the molecule is COCCCn1c(C)cc(O)c(C(CC(=O)OC)c2ccc(OCc3nccn3C)c(OC)c2)c1=O. The van der Waals surface area contributed by atoms with E-state index < -0.39 is 11.9 Å². The predicted octanol–water partition coefficient (Wildman–Crippen LogP) is 2.91. The monoisotopic (exact) mass is 499 g/mol. The molecule has 0 bridgehead atoms. The van der Waals surface area contributed by atoms with Crippen LogP contribution in [0.25, 0.3) is 0 Å². The molecule has 0 amide bonds. The lowest BCUT2D eigenvalue weighted by molar-refractivity contribution is -0.140. The van der Waals surface area contributed by atoms with E-state index >= 15 is 0 Å². The largest absolute Gasteiger partial charge is 0.507 e. The van der Waals surface area contributed by atoms with Crippen LogP contribution in [0.3, 0.4) is 0 Å². The van der Waals surface area contributed by atoms with Gasteiger partial charge >= 0.3 is 5.97 Å². The first kappa shape index (κ1) is 26.8. The van der Waals surface area contributed by atoms with E-state index in [0.717, 1.165) is 5.82 Å². The number of benzene rings is 1. The molecule has 10 nitrogen and oxygen atoms in total. The van der Waals surface area contributed by atoms with E-state index in [2.05, 4.69) is 4.98 Å². The lowest BCUT2D eigenvalue weighted by Gasteiger charge is -2.21. The summed E-state index contributed by atoms with van der Waals surface area (Å²) in [6, 6.07) is 6.70. The molecule has 3 rings (SSSR count). The molecule has 0 spiro atoms. The van der Waals surface area contributed by atoms with Crippen molar-refractivity contribution >= 4 is 5.97 Å². The molecule has 10 heteroatoms. The maximum Gasteiger partial charge on any atom is 0.306 e. The summed E-state index contributed by atoms with van der Waals surface area (Å²) in [5, 5.41) is 10.8. The second kappa shape index (κ2) is 12.3. The van der Waals surface area contributed by atoms with Crippen LogP contribution in [-0.2, 0) is 34.5 Å². The highest BCUT2D eigenvalue weighted by Crippen LogP contribution is 2.37. The third kappa shape index (κ3) is 6.06. The number of rotatable bonds is 12. The van der Waals surface area contributed by atoms with Gasteiger partial charge in [-0.05, 0) is 37.1 Å². The van der Waals surface area contributed by atoms with Gasteiger partial charge in [0.15, 0.2) is 11.5 Å². The highest BCUT2D eigenvalue weighted by Gasteiger charge is 2.27. The van der Waals surface area contributed by atoms with E-state index in [4.69, 9.17) is 18.9 Å². The Labute approximate surface area is 210 Å². The smallest absolute Gasteiger partial charge is 0.306 e.